The van der Waals surface area contributed by atoms with Crippen LogP contribution in [0.4, 0.5) is 10.1 Å². The fourth-order valence-electron chi connectivity index (χ4n) is 1.61. The quantitative estimate of drug-likeness (QED) is 0.939. The van der Waals surface area contributed by atoms with Gasteiger partial charge in [-0.2, -0.15) is 0 Å². The Kier molecular flexibility index (Phi) is 3.80. The fraction of sp³-hybridized carbons (Fsp3) is 0.231. The van der Waals surface area contributed by atoms with Crippen LogP contribution in [0.15, 0.2) is 34.8 Å². The van der Waals surface area contributed by atoms with Crippen molar-refractivity contribution in [2.24, 2.45) is 12.0 Å². The number of nitrogens with zero attached hydrogens (tertiary/aromatic N) is 2. The first-order chi connectivity index (χ1) is 8.99. The summed E-state index contributed by atoms with van der Waals surface area (Å²) in [7, 11) is 1.86. The third-order valence-corrected chi connectivity index (χ3v) is 3.65. The maximum absolute atomic E-state index is 13.6. The van der Waals surface area contributed by atoms with Crippen molar-refractivity contribution >= 4 is 23.0 Å². The van der Waals surface area contributed by atoms with E-state index in [1.54, 1.807) is 0 Å². The standard InChI is InChI=1S/C13H13FN2O2S/c1-8(12(17)18)10-7-9(3-4-11(10)14)15-13-16(2)5-6-19-13/h3-8H,1-2H3,(H,17,18). The van der Waals surface area contributed by atoms with Crippen LogP contribution in [0.25, 0.3) is 0 Å². The second-order valence-electron chi connectivity index (χ2n) is 4.17. The lowest BCUT2D eigenvalue weighted by Crippen LogP contribution is -2.10. The zero-order valence-corrected chi connectivity index (χ0v) is 11.3. The molecular formula is C13H13FN2O2S. The molecule has 0 aliphatic rings. The fourth-order valence-corrected chi connectivity index (χ4v) is 2.36. The van der Waals surface area contributed by atoms with Crippen molar-refractivity contribution < 1.29 is 14.3 Å². The molecular weight excluding hydrogens is 267 g/mol. The summed E-state index contributed by atoms with van der Waals surface area (Å²) >= 11 is 1.46. The SMILES string of the molecule is CC(C(=O)O)c1cc(N=c2sccn2C)ccc1F. The lowest BCUT2D eigenvalue weighted by Gasteiger charge is -2.08. The first kappa shape index (κ1) is 13.5. The Morgan fingerprint density at radius 2 is 2.26 bits per heavy atom. The number of hydrogen-bond donors (Lipinski definition) is 1. The van der Waals surface area contributed by atoms with Gasteiger partial charge in [0.2, 0.25) is 0 Å². The predicted molar refractivity (Wildman–Crippen MR) is 71.0 cm³/mol. The number of thiazole rings is 1. The molecule has 100 valence electrons. The number of rotatable bonds is 3. The van der Waals surface area contributed by atoms with Gasteiger partial charge < -0.3 is 9.67 Å². The Balaban J connectivity index is 2.48. The lowest BCUT2D eigenvalue weighted by atomic mass is 10.0. The Labute approximate surface area is 113 Å². The smallest absolute Gasteiger partial charge is 0.310 e. The Morgan fingerprint density at radius 1 is 1.53 bits per heavy atom. The summed E-state index contributed by atoms with van der Waals surface area (Å²) in [6.45, 7) is 1.45. The molecule has 0 bridgehead atoms. The highest BCUT2D eigenvalue weighted by Gasteiger charge is 2.18. The van der Waals surface area contributed by atoms with E-state index in [1.807, 2.05) is 23.2 Å². The van der Waals surface area contributed by atoms with E-state index in [4.69, 9.17) is 5.11 Å². The van der Waals surface area contributed by atoms with Crippen LogP contribution in [-0.4, -0.2) is 15.6 Å². The number of carboxylic acid groups (broad SMARTS) is 1. The van der Waals surface area contributed by atoms with Gasteiger partial charge >= 0.3 is 5.97 Å². The zero-order valence-electron chi connectivity index (χ0n) is 10.5. The van der Waals surface area contributed by atoms with Gasteiger partial charge in [0, 0.05) is 24.2 Å². The van der Waals surface area contributed by atoms with Gasteiger partial charge in [-0.25, -0.2) is 9.38 Å². The molecule has 1 N–H and O–H groups in total. The Morgan fingerprint density at radius 3 is 2.84 bits per heavy atom. The second-order valence-corrected chi connectivity index (χ2v) is 5.05. The first-order valence-corrected chi connectivity index (χ1v) is 6.54. The Hall–Kier alpha value is -1.95. The minimum Gasteiger partial charge on any atom is -0.481 e. The number of carbonyl (C=O) groups is 1. The van der Waals surface area contributed by atoms with Crippen LogP contribution in [0.1, 0.15) is 18.4 Å². The van der Waals surface area contributed by atoms with Crippen LogP contribution in [-0.2, 0) is 11.8 Å². The summed E-state index contributed by atoms with van der Waals surface area (Å²) in [6.07, 6.45) is 1.87. The number of aromatic nitrogens is 1. The topological polar surface area (TPSA) is 54.6 Å². The molecule has 0 aliphatic heterocycles. The zero-order chi connectivity index (χ0) is 14.0. The van der Waals surface area contributed by atoms with Crippen molar-refractivity contribution in [1.82, 2.24) is 4.57 Å². The molecule has 0 radical (unpaired) electrons. The highest BCUT2D eigenvalue weighted by atomic mass is 32.1. The highest BCUT2D eigenvalue weighted by molar-refractivity contribution is 7.07. The van der Waals surface area contributed by atoms with Crippen LogP contribution in [0.3, 0.4) is 0 Å². The molecule has 0 aliphatic carbocycles. The van der Waals surface area contributed by atoms with Gasteiger partial charge in [0.25, 0.3) is 0 Å². The van der Waals surface area contributed by atoms with Crippen molar-refractivity contribution in [3.05, 3.63) is 46.0 Å². The number of aryl methyl sites for hydroxylation is 1. The Bertz CT molecular complexity index is 675. The highest BCUT2D eigenvalue weighted by Crippen LogP contribution is 2.24. The van der Waals surface area contributed by atoms with E-state index in [0.29, 0.717) is 5.69 Å². The molecule has 1 atom stereocenters. The number of benzene rings is 1. The van der Waals surface area contributed by atoms with Crippen LogP contribution in [0.5, 0.6) is 0 Å². The molecule has 2 aromatic rings. The van der Waals surface area contributed by atoms with E-state index in [2.05, 4.69) is 4.99 Å². The summed E-state index contributed by atoms with van der Waals surface area (Å²) in [5.74, 6) is -2.48. The molecule has 0 saturated heterocycles. The maximum Gasteiger partial charge on any atom is 0.310 e. The summed E-state index contributed by atoms with van der Waals surface area (Å²) in [5, 5.41) is 10.8. The van der Waals surface area contributed by atoms with E-state index in [1.165, 1.54) is 36.5 Å². The van der Waals surface area contributed by atoms with E-state index in [-0.39, 0.29) is 5.56 Å². The van der Waals surface area contributed by atoms with Crippen molar-refractivity contribution in [2.45, 2.75) is 12.8 Å². The van der Waals surface area contributed by atoms with Gasteiger partial charge in [-0.05, 0) is 25.1 Å². The molecule has 0 fully saturated rings. The van der Waals surface area contributed by atoms with Crippen molar-refractivity contribution in [2.75, 3.05) is 0 Å². The monoisotopic (exact) mass is 280 g/mol. The van der Waals surface area contributed by atoms with Gasteiger partial charge in [-0.15, -0.1) is 11.3 Å². The molecule has 0 spiro atoms. The van der Waals surface area contributed by atoms with E-state index in [9.17, 15) is 9.18 Å². The second kappa shape index (κ2) is 5.36. The molecule has 1 aromatic carbocycles. The summed E-state index contributed by atoms with van der Waals surface area (Å²) in [6, 6.07) is 4.27. The summed E-state index contributed by atoms with van der Waals surface area (Å²) < 4.78 is 15.5. The van der Waals surface area contributed by atoms with Crippen molar-refractivity contribution in [1.29, 1.82) is 0 Å². The molecule has 1 aromatic heterocycles. The molecule has 4 nitrogen and oxygen atoms in total. The minimum absolute atomic E-state index is 0.146. The maximum atomic E-state index is 13.6. The number of carboxylic acids is 1. The molecule has 0 saturated carbocycles. The van der Waals surface area contributed by atoms with Gasteiger partial charge in [0.15, 0.2) is 4.80 Å². The summed E-state index contributed by atoms with van der Waals surface area (Å²) in [4.78, 5) is 16.1. The molecule has 1 unspecified atom stereocenters. The summed E-state index contributed by atoms with van der Waals surface area (Å²) in [5.41, 5.74) is 0.690. The van der Waals surface area contributed by atoms with Gasteiger partial charge in [-0.1, -0.05) is 0 Å². The molecule has 19 heavy (non-hydrogen) atoms. The molecule has 6 heteroatoms. The third-order valence-electron chi connectivity index (χ3n) is 2.80. The van der Waals surface area contributed by atoms with Crippen LogP contribution < -0.4 is 4.80 Å². The average Bonchev–Trinajstić information content (AvgIpc) is 2.76. The van der Waals surface area contributed by atoms with Gasteiger partial charge in [0.05, 0.1) is 11.6 Å². The van der Waals surface area contributed by atoms with Crippen LogP contribution in [0, 0.1) is 5.82 Å². The molecule has 0 amide bonds. The van der Waals surface area contributed by atoms with Gasteiger partial charge in [0.1, 0.15) is 5.82 Å². The number of halogens is 1. The van der Waals surface area contributed by atoms with Gasteiger partial charge in [-0.3, -0.25) is 4.79 Å². The van der Waals surface area contributed by atoms with E-state index in [0.717, 1.165) is 4.80 Å². The molecule has 1 heterocycles. The lowest BCUT2D eigenvalue weighted by molar-refractivity contribution is -0.138. The minimum atomic E-state index is -1.06. The van der Waals surface area contributed by atoms with Crippen molar-refractivity contribution in [3.63, 3.8) is 0 Å². The predicted octanol–water partition coefficient (Wildman–Crippen LogP) is 2.65. The van der Waals surface area contributed by atoms with E-state index < -0.39 is 17.7 Å². The van der Waals surface area contributed by atoms with Crippen LogP contribution in [0.2, 0.25) is 0 Å². The van der Waals surface area contributed by atoms with E-state index >= 15 is 0 Å². The number of aliphatic carboxylic acids is 1. The molecule has 2 rings (SSSR count). The van der Waals surface area contributed by atoms with Crippen LogP contribution >= 0.6 is 11.3 Å². The largest absolute Gasteiger partial charge is 0.481 e. The first-order valence-electron chi connectivity index (χ1n) is 5.66. The normalized spacial score (nSPS) is 13.5. The van der Waals surface area contributed by atoms with Crippen molar-refractivity contribution in [3.8, 4) is 0 Å². The third kappa shape index (κ3) is 2.90. The average molecular weight is 280 g/mol. The number of hydrogen-bond acceptors (Lipinski definition) is 3.